The van der Waals surface area contributed by atoms with Crippen LogP contribution in [0.2, 0.25) is 0 Å². The predicted molar refractivity (Wildman–Crippen MR) is 47.0 cm³/mol. The van der Waals surface area contributed by atoms with Gasteiger partial charge < -0.3 is 0 Å². The van der Waals surface area contributed by atoms with Crippen molar-refractivity contribution < 1.29 is 22.6 Å². The van der Waals surface area contributed by atoms with Crippen molar-refractivity contribution in [1.82, 2.24) is 0 Å². The van der Waals surface area contributed by atoms with Crippen molar-refractivity contribution in [2.24, 2.45) is 0 Å². The van der Waals surface area contributed by atoms with E-state index >= 15 is 0 Å². The van der Waals surface area contributed by atoms with Gasteiger partial charge in [-0.05, 0) is 18.2 Å². The predicted octanol–water partition coefficient (Wildman–Crippen LogP) is 0.558. The highest BCUT2D eigenvalue weighted by Crippen LogP contribution is 2.13. The first-order chi connectivity index (χ1) is 6.49. The molecule has 0 saturated heterocycles. The second-order valence-corrected chi connectivity index (χ2v) is 3.92. The topological polar surface area (TPSA) is 88.5 Å². The zero-order valence-corrected chi connectivity index (χ0v) is 7.69. The molecule has 0 aliphatic heterocycles. The van der Waals surface area contributed by atoms with Gasteiger partial charge in [-0.2, -0.15) is 8.42 Å². The summed E-state index contributed by atoms with van der Waals surface area (Å²) in [7, 11) is -4.34. The van der Waals surface area contributed by atoms with Gasteiger partial charge in [-0.15, -0.1) is 0 Å². The fourth-order valence-electron chi connectivity index (χ4n) is 0.923. The summed E-state index contributed by atoms with van der Waals surface area (Å²) in [6, 6.07) is 3.14. The molecule has 14 heavy (non-hydrogen) atoms. The molecule has 0 aliphatic rings. The van der Waals surface area contributed by atoms with E-state index in [0.29, 0.717) is 12.6 Å². The molecule has 0 spiro atoms. The molecule has 6 heteroatoms. The Balaban J connectivity index is 3.42. The maximum Gasteiger partial charge on any atom is 0.294 e. The lowest BCUT2D eigenvalue weighted by molar-refractivity contribution is 0.109. The monoisotopic (exact) mass is 214 g/mol. The molecule has 74 valence electrons. The molecule has 0 bridgehead atoms. The van der Waals surface area contributed by atoms with Crippen molar-refractivity contribution in [3.05, 3.63) is 29.3 Å². The van der Waals surface area contributed by atoms with Crippen LogP contribution in [0.5, 0.6) is 0 Å². The quantitative estimate of drug-likeness (QED) is 0.586. The van der Waals surface area contributed by atoms with Crippen LogP contribution < -0.4 is 0 Å². The third-order valence-electron chi connectivity index (χ3n) is 1.61. The van der Waals surface area contributed by atoms with Crippen LogP contribution in [-0.2, 0) is 10.1 Å². The molecule has 1 aromatic rings. The molecule has 0 radical (unpaired) electrons. The van der Waals surface area contributed by atoms with Crippen molar-refractivity contribution >= 4 is 22.7 Å². The first-order valence-electron chi connectivity index (χ1n) is 3.51. The van der Waals surface area contributed by atoms with E-state index in [1.165, 1.54) is 0 Å². The molecule has 5 nitrogen and oxygen atoms in total. The fraction of sp³-hybridized carbons (Fsp3) is 0. The Labute approximate surface area is 80.1 Å². The van der Waals surface area contributed by atoms with Gasteiger partial charge in [0.2, 0.25) is 0 Å². The summed E-state index contributed by atoms with van der Waals surface area (Å²) in [6.07, 6.45) is 0.774. The summed E-state index contributed by atoms with van der Waals surface area (Å²) >= 11 is 0. The average molecular weight is 214 g/mol. The van der Waals surface area contributed by atoms with E-state index in [1.54, 1.807) is 0 Å². The highest BCUT2D eigenvalue weighted by molar-refractivity contribution is 7.85. The number of carbonyl (C=O) groups excluding carboxylic acids is 2. The van der Waals surface area contributed by atoms with Gasteiger partial charge in [-0.1, -0.05) is 0 Å². The van der Waals surface area contributed by atoms with Crippen LogP contribution in [0.1, 0.15) is 20.7 Å². The second-order valence-electron chi connectivity index (χ2n) is 2.50. The van der Waals surface area contributed by atoms with Gasteiger partial charge in [0.25, 0.3) is 10.1 Å². The lowest BCUT2D eigenvalue weighted by Crippen LogP contribution is -2.00. The number of benzene rings is 1. The zero-order valence-electron chi connectivity index (χ0n) is 6.88. The van der Waals surface area contributed by atoms with E-state index in [2.05, 4.69) is 0 Å². The minimum Gasteiger partial charge on any atom is -0.298 e. The first kappa shape index (κ1) is 10.6. The third-order valence-corrected chi connectivity index (χ3v) is 2.46. The SMILES string of the molecule is O=Cc1ccc(S(=O)(=O)O)cc1C=O. The number of aldehydes is 2. The molecule has 0 saturated carbocycles. The van der Waals surface area contributed by atoms with Gasteiger partial charge in [0.05, 0.1) is 4.90 Å². The highest BCUT2D eigenvalue weighted by atomic mass is 32.2. The van der Waals surface area contributed by atoms with Crippen molar-refractivity contribution in [2.45, 2.75) is 4.90 Å². The largest absolute Gasteiger partial charge is 0.298 e. The molecular weight excluding hydrogens is 208 g/mol. The molecule has 0 heterocycles. The third kappa shape index (κ3) is 2.04. The molecule has 0 atom stereocenters. The zero-order chi connectivity index (χ0) is 10.8. The Kier molecular flexibility index (Phi) is 2.78. The van der Waals surface area contributed by atoms with Crippen LogP contribution in [0.15, 0.2) is 23.1 Å². The van der Waals surface area contributed by atoms with E-state index < -0.39 is 15.0 Å². The van der Waals surface area contributed by atoms with E-state index in [1.807, 2.05) is 0 Å². The molecule has 0 amide bonds. The normalized spacial score (nSPS) is 10.9. The van der Waals surface area contributed by atoms with Crippen molar-refractivity contribution in [1.29, 1.82) is 0 Å². The molecule has 1 rings (SSSR count). The number of rotatable bonds is 3. The van der Waals surface area contributed by atoms with Gasteiger partial charge >= 0.3 is 0 Å². The number of hydrogen-bond donors (Lipinski definition) is 1. The van der Waals surface area contributed by atoms with Crippen LogP contribution in [0.4, 0.5) is 0 Å². The summed E-state index contributed by atoms with van der Waals surface area (Å²) in [4.78, 5) is 20.4. The van der Waals surface area contributed by atoms with Crippen molar-refractivity contribution in [3.8, 4) is 0 Å². The molecule has 0 aromatic heterocycles. The lowest BCUT2D eigenvalue weighted by atomic mass is 10.1. The Morgan fingerprint density at radius 3 is 2.07 bits per heavy atom. The minimum absolute atomic E-state index is 0.0740. The van der Waals surface area contributed by atoms with Crippen molar-refractivity contribution in [3.63, 3.8) is 0 Å². The Morgan fingerprint density at radius 1 is 1.07 bits per heavy atom. The maximum absolute atomic E-state index is 10.7. The summed E-state index contributed by atoms with van der Waals surface area (Å²) in [5.74, 6) is 0. The van der Waals surface area contributed by atoms with Crippen LogP contribution in [0, 0.1) is 0 Å². The van der Waals surface area contributed by atoms with E-state index in [9.17, 15) is 18.0 Å². The lowest BCUT2D eigenvalue weighted by Gasteiger charge is -1.99. The summed E-state index contributed by atoms with van der Waals surface area (Å²) < 4.78 is 29.9. The average Bonchev–Trinajstić information content (AvgIpc) is 2.15. The van der Waals surface area contributed by atoms with Crippen LogP contribution >= 0.6 is 0 Å². The summed E-state index contributed by atoms with van der Waals surface area (Å²) in [6.45, 7) is 0. The molecular formula is C8H6O5S. The standard InChI is InChI=1S/C8H6O5S/c9-4-6-1-2-8(14(11,12)13)3-7(6)5-10/h1-5H,(H,11,12,13). The molecule has 0 aliphatic carbocycles. The first-order valence-corrected chi connectivity index (χ1v) is 4.95. The summed E-state index contributed by atoms with van der Waals surface area (Å²) in [5.41, 5.74) is 0.00234. The van der Waals surface area contributed by atoms with Gasteiger partial charge in [0, 0.05) is 11.1 Å². The highest BCUT2D eigenvalue weighted by Gasteiger charge is 2.11. The Bertz CT molecular complexity index is 475. The van der Waals surface area contributed by atoms with Gasteiger partial charge in [-0.25, -0.2) is 0 Å². The van der Waals surface area contributed by atoms with E-state index in [4.69, 9.17) is 4.55 Å². The Morgan fingerprint density at radius 2 is 1.64 bits per heavy atom. The summed E-state index contributed by atoms with van der Waals surface area (Å²) in [5, 5.41) is 0. The van der Waals surface area contributed by atoms with Gasteiger partial charge in [0.1, 0.15) is 0 Å². The molecule has 1 aromatic carbocycles. The van der Waals surface area contributed by atoms with Gasteiger partial charge in [0.15, 0.2) is 12.6 Å². The van der Waals surface area contributed by atoms with Crippen LogP contribution in [0.25, 0.3) is 0 Å². The molecule has 0 fully saturated rings. The smallest absolute Gasteiger partial charge is 0.294 e. The number of carbonyl (C=O) groups is 2. The number of hydrogen-bond acceptors (Lipinski definition) is 4. The van der Waals surface area contributed by atoms with E-state index in [-0.39, 0.29) is 11.1 Å². The molecule has 1 N–H and O–H groups in total. The van der Waals surface area contributed by atoms with Gasteiger partial charge in [-0.3, -0.25) is 14.1 Å². The van der Waals surface area contributed by atoms with Crippen LogP contribution in [0.3, 0.4) is 0 Å². The Hall–Kier alpha value is -1.53. The van der Waals surface area contributed by atoms with Crippen molar-refractivity contribution in [2.75, 3.05) is 0 Å². The van der Waals surface area contributed by atoms with E-state index in [0.717, 1.165) is 18.2 Å². The molecule has 0 unspecified atom stereocenters. The minimum atomic E-state index is -4.34. The maximum atomic E-state index is 10.7. The fourth-order valence-corrected chi connectivity index (χ4v) is 1.44. The second kappa shape index (κ2) is 3.69. The van der Waals surface area contributed by atoms with Crippen LogP contribution in [-0.4, -0.2) is 25.5 Å².